The third kappa shape index (κ3) is 6.37. The number of carbonyl (C=O) groups is 1. The van der Waals surface area contributed by atoms with Gasteiger partial charge in [-0.2, -0.15) is 0 Å². The van der Waals surface area contributed by atoms with E-state index in [0.717, 1.165) is 60.6 Å². The molecule has 2 heterocycles. The summed E-state index contributed by atoms with van der Waals surface area (Å²) in [6.45, 7) is 2.85. The average Bonchev–Trinajstić information content (AvgIpc) is 3.45. The summed E-state index contributed by atoms with van der Waals surface area (Å²) in [5.41, 5.74) is 5.53. The molecule has 0 fully saturated rings. The van der Waals surface area contributed by atoms with Gasteiger partial charge < -0.3 is 14.5 Å². The third-order valence-corrected chi connectivity index (χ3v) is 7.09. The molecular weight excluding hydrogens is 730 g/mol. The Labute approximate surface area is 267 Å². The Hall–Kier alpha value is -4.90. The number of aliphatic hydroxyl groups is 1. The van der Waals surface area contributed by atoms with Gasteiger partial charge >= 0.3 is 0 Å². The monoisotopic (exact) mass is 757 g/mol. The summed E-state index contributed by atoms with van der Waals surface area (Å²) in [7, 11) is 0. The van der Waals surface area contributed by atoms with Crippen molar-refractivity contribution in [3.63, 3.8) is 0 Å². The van der Waals surface area contributed by atoms with Crippen molar-refractivity contribution in [2.24, 2.45) is 0 Å². The van der Waals surface area contributed by atoms with E-state index in [1.54, 1.807) is 12.3 Å². The zero-order valence-electron chi connectivity index (χ0n) is 24.0. The fraction of sp³-hybridized carbons (Fsp3) is 0.0526. The fourth-order valence-electron chi connectivity index (χ4n) is 5.27. The number of hydrogen-bond donors (Lipinski definition) is 1. The van der Waals surface area contributed by atoms with Gasteiger partial charge in [0.1, 0.15) is 11.6 Å². The number of furan rings is 1. The summed E-state index contributed by atoms with van der Waals surface area (Å²) >= 11 is 0. The van der Waals surface area contributed by atoms with Gasteiger partial charge in [-0.25, -0.2) is 4.39 Å². The Morgan fingerprint density at radius 2 is 1.48 bits per heavy atom. The van der Waals surface area contributed by atoms with Gasteiger partial charge in [0.05, 0.1) is 11.3 Å². The van der Waals surface area contributed by atoms with Gasteiger partial charge in [0.25, 0.3) is 0 Å². The fourth-order valence-corrected chi connectivity index (χ4v) is 5.27. The number of aromatic nitrogens is 1. The number of carbonyl (C=O) groups excluding carboxylic acids is 1. The third-order valence-electron chi connectivity index (χ3n) is 7.09. The minimum absolute atomic E-state index is 0. The van der Waals surface area contributed by atoms with Gasteiger partial charge in [0, 0.05) is 37.9 Å². The summed E-state index contributed by atoms with van der Waals surface area (Å²) < 4.78 is 20.2. The predicted molar refractivity (Wildman–Crippen MR) is 171 cm³/mol. The molecule has 0 aliphatic rings. The number of nitrogens with zero attached hydrogens (tertiary/aromatic N) is 1. The Morgan fingerprint density at radius 3 is 2.14 bits per heavy atom. The topological polar surface area (TPSA) is 63.3 Å². The predicted octanol–water partition coefficient (Wildman–Crippen LogP) is 10.1. The van der Waals surface area contributed by atoms with Gasteiger partial charge in [-0.3, -0.25) is 4.79 Å². The van der Waals surface area contributed by atoms with Crippen LogP contribution in [-0.2, 0) is 24.9 Å². The van der Waals surface area contributed by atoms with Crippen molar-refractivity contribution < 1.29 is 38.8 Å². The number of hydrogen-bond acceptors (Lipinski definition) is 4. The molecule has 0 amide bonds. The molecule has 0 saturated heterocycles. The average molecular weight is 757 g/mol. The molecule has 0 bridgehead atoms. The molecule has 1 radical (unpaired) electrons. The normalized spacial score (nSPS) is 11.2. The second-order valence-corrected chi connectivity index (χ2v) is 10.3. The molecule has 0 spiro atoms. The molecule has 7 aromatic rings. The van der Waals surface area contributed by atoms with Crippen LogP contribution in [0.25, 0.3) is 66.2 Å². The summed E-state index contributed by atoms with van der Waals surface area (Å²) in [6.07, 6.45) is 2.97. The Kier molecular flexibility index (Phi) is 9.15. The molecule has 0 aliphatic heterocycles. The molecule has 0 atom stereocenters. The summed E-state index contributed by atoms with van der Waals surface area (Å²) in [5.74, 6) is 0.497. The Balaban J connectivity index is 0.000000433. The number of fused-ring (bicyclic) bond motifs is 4. The number of ketones is 1. The largest absolute Gasteiger partial charge is 0.512 e. The van der Waals surface area contributed by atoms with Gasteiger partial charge in [-0.1, -0.05) is 95.9 Å². The number of benzene rings is 5. The van der Waals surface area contributed by atoms with E-state index in [4.69, 9.17) is 14.5 Å². The van der Waals surface area contributed by atoms with Crippen LogP contribution in [0, 0.1) is 11.9 Å². The van der Waals surface area contributed by atoms with Gasteiger partial charge in [0.15, 0.2) is 5.78 Å². The van der Waals surface area contributed by atoms with Crippen LogP contribution < -0.4 is 0 Å². The van der Waals surface area contributed by atoms with Crippen molar-refractivity contribution in [3.05, 3.63) is 139 Å². The molecule has 5 aromatic carbocycles. The smallest absolute Gasteiger partial charge is 0.155 e. The van der Waals surface area contributed by atoms with Crippen molar-refractivity contribution >= 4 is 38.3 Å². The van der Waals surface area contributed by atoms with Crippen LogP contribution in [0.5, 0.6) is 0 Å². The number of allylic oxidation sites excluding steroid dienone is 2. The number of rotatable bonds is 4. The molecule has 44 heavy (non-hydrogen) atoms. The first-order valence-corrected chi connectivity index (χ1v) is 13.8. The SMILES string of the molecule is CC(=O)/C=C(/C)O.Fc1ccc2c(ccc3c(-c4[c-]c5oc(-c6ccccc6)cc5c(-c5ccccc5)c4)nccc32)c1.[Ir]. The number of pyridine rings is 1. The van der Waals surface area contributed by atoms with Crippen molar-refractivity contribution in [2.75, 3.05) is 0 Å². The van der Waals surface area contributed by atoms with Crippen LogP contribution >= 0.6 is 0 Å². The van der Waals surface area contributed by atoms with Crippen LogP contribution in [0.15, 0.2) is 132 Å². The van der Waals surface area contributed by atoms with Gasteiger partial charge in [-0.15, -0.1) is 11.6 Å². The molecule has 7 rings (SSSR count). The van der Waals surface area contributed by atoms with Crippen molar-refractivity contribution in [3.8, 4) is 33.7 Å². The standard InChI is InChI=1S/C33H19FNO.C5H8O2.Ir/c34-25-12-14-26-23(17-25)11-13-28-27(26)15-16-35-33(28)24-18-29(21-7-3-1-4-8-21)30-20-31(36-32(30)19-24)22-9-5-2-6-10-22;1-4(6)3-5(2)7;/h1-18,20H;3,6H,1-2H3;/q-1;;/b;4-3-;. The molecule has 0 saturated carbocycles. The minimum Gasteiger partial charge on any atom is -0.512 e. The van der Waals surface area contributed by atoms with Gasteiger partial charge in [-0.05, 0) is 70.9 Å². The quantitative estimate of drug-likeness (QED) is 0.0841. The van der Waals surface area contributed by atoms with Crippen molar-refractivity contribution in [2.45, 2.75) is 13.8 Å². The first-order chi connectivity index (χ1) is 20.9. The van der Waals surface area contributed by atoms with E-state index in [-0.39, 0.29) is 37.5 Å². The maximum atomic E-state index is 13.8. The summed E-state index contributed by atoms with van der Waals surface area (Å²) in [5, 5.41) is 13.2. The van der Waals surface area contributed by atoms with E-state index in [9.17, 15) is 9.18 Å². The number of halogens is 1. The summed E-state index contributed by atoms with van der Waals surface area (Å²) in [4.78, 5) is 14.8. The first-order valence-electron chi connectivity index (χ1n) is 13.8. The zero-order valence-corrected chi connectivity index (χ0v) is 26.4. The Bertz CT molecular complexity index is 2130. The maximum absolute atomic E-state index is 13.8. The van der Waals surface area contributed by atoms with Gasteiger partial charge in [0.2, 0.25) is 0 Å². The second kappa shape index (κ2) is 13.2. The molecule has 219 valence electrons. The van der Waals surface area contributed by atoms with E-state index >= 15 is 0 Å². The summed E-state index contributed by atoms with van der Waals surface area (Å²) in [6, 6.07) is 39.0. The zero-order chi connectivity index (χ0) is 29.9. The molecule has 2 aromatic heterocycles. The van der Waals surface area contributed by atoms with E-state index in [1.807, 2.05) is 72.8 Å². The van der Waals surface area contributed by atoms with E-state index in [0.29, 0.717) is 5.58 Å². The number of aliphatic hydroxyl groups excluding tert-OH is 1. The van der Waals surface area contributed by atoms with E-state index < -0.39 is 0 Å². The first kappa shape index (κ1) is 30.6. The maximum Gasteiger partial charge on any atom is 0.155 e. The molecule has 0 unspecified atom stereocenters. The van der Waals surface area contributed by atoms with Crippen molar-refractivity contribution in [1.82, 2.24) is 4.98 Å². The molecular formula is C38H27FIrNO3-. The van der Waals surface area contributed by atoms with Crippen LogP contribution in [0.3, 0.4) is 0 Å². The van der Waals surface area contributed by atoms with Crippen molar-refractivity contribution in [1.29, 1.82) is 0 Å². The Morgan fingerprint density at radius 1 is 0.795 bits per heavy atom. The van der Waals surface area contributed by atoms with Crippen LogP contribution in [-0.4, -0.2) is 15.9 Å². The van der Waals surface area contributed by atoms with E-state index in [1.165, 1.54) is 26.0 Å². The van der Waals surface area contributed by atoms with Crippen LogP contribution in [0.4, 0.5) is 4.39 Å². The second-order valence-electron chi connectivity index (χ2n) is 10.3. The van der Waals surface area contributed by atoms with Crippen LogP contribution in [0.1, 0.15) is 13.8 Å². The van der Waals surface area contributed by atoms with Crippen LogP contribution in [0.2, 0.25) is 0 Å². The molecule has 0 aliphatic carbocycles. The molecule has 6 heteroatoms. The van der Waals surface area contributed by atoms with E-state index in [2.05, 4.69) is 30.3 Å². The molecule has 1 N–H and O–H groups in total. The minimum atomic E-state index is -0.241. The molecule has 4 nitrogen and oxygen atoms in total.